The quantitative estimate of drug-likeness (QED) is 0.151. The average Bonchev–Trinajstić information content (AvgIpc) is 3.69. The molecule has 0 aliphatic carbocycles. The number of para-hydroxylation sites is 3. The Hall–Kier alpha value is -7.68. The van der Waals surface area contributed by atoms with Crippen LogP contribution in [0.2, 0.25) is 0 Å². The number of fused-ring (bicyclic) bond motifs is 6. The Morgan fingerprint density at radius 3 is 1.59 bits per heavy atom. The van der Waals surface area contributed by atoms with Gasteiger partial charge in [0, 0.05) is 33.0 Å². The van der Waals surface area contributed by atoms with Gasteiger partial charge in [-0.25, -0.2) is 0 Å². The first-order chi connectivity index (χ1) is 28.8. The minimum atomic E-state index is 0.902. The highest BCUT2D eigenvalue weighted by Crippen LogP contribution is 2.48. The fourth-order valence-electron chi connectivity index (χ4n) is 8.83. The van der Waals surface area contributed by atoms with E-state index in [1.807, 2.05) is 12.1 Å². The van der Waals surface area contributed by atoms with Crippen LogP contribution < -0.4 is 4.90 Å². The topological polar surface area (TPSA) is 16.4 Å². The summed E-state index contributed by atoms with van der Waals surface area (Å²) in [6.07, 6.45) is 0. The summed E-state index contributed by atoms with van der Waals surface area (Å²) >= 11 is 0. The molecule has 11 rings (SSSR count). The lowest BCUT2D eigenvalue weighted by molar-refractivity contribution is 0.670. The van der Waals surface area contributed by atoms with Crippen LogP contribution in [-0.2, 0) is 0 Å². The Balaban J connectivity index is 1.13. The van der Waals surface area contributed by atoms with E-state index < -0.39 is 0 Å². The van der Waals surface area contributed by atoms with Gasteiger partial charge in [0.05, 0.1) is 11.4 Å². The van der Waals surface area contributed by atoms with Gasteiger partial charge in [0.25, 0.3) is 0 Å². The fourth-order valence-corrected chi connectivity index (χ4v) is 8.83. The molecule has 0 atom stereocenters. The third-order valence-electron chi connectivity index (χ3n) is 11.5. The van der Waals surface area contributed by atoms with Crippen LogP contribution in [0.3, 0.4) is 0 Å². The maximum absolute atomic E-state index is 6.48. The van der Waals surface area contributed by atoms with E-state index in [1.165, 1.54) is 49.4 Å². The molecule has 0 aliphatic rings. The Kier molecular flexibility index (Phi) is 8.19. The van der Waals surface area contributed by atoms with Crippen LogP contribution in [0.25, 0.3) is 88.0 Å². The summed E-state index contributed by atoms with van der Waals surface area (Å²) in [5, 5.41) is 7.12. The molecule has 11 aromatic rings. The second kappa shape index (κ2) is 14.1. The Morgan fingerprint density at radius 1 is 0.293 bits per heavy atom. The molecule has 58 heavy (non-hydrogen) atoms. The van der Waals surface area contributed by atoms with Crippen molar-refractivity contribution in [2.45, 2.75) is 0 Å². The van der Waals surface area contributed by atoms with Crippen LogP contribution in [0.1, 0.15) is 0 Å². The molecule has 2 nitrogen and oxygen atoms in total. The highest BCUT2D eigenvalue weighted by Gasteiger charge is 2.23. The molecule has 1 aromatic heterocycles. The highest BCUT2D eigenvalue weighted by atomic mass is 16.3. The number of anilines is 3. The first kappa shape index (κ1) is 33.6. The lowest BCUT2D eigenvalue weighted by atomic mass is 9.88. The molecule has 2 heteroatoms. The summed E-state index contributed by atoms with van der Waals surface area (Å²) < 4.78 is 6.48. The van der Waals surface area contributed by atoms with Gasteiger partial charge in [-0.15, -0.1) is 0 Å². The van der Waals surface area contributed by atoms with E-state index in [1.54, 1.807) is 0 Å². The van der Waals surface area contributed by atoms with Gasteiger partial charge in [0.1, 0.15) is 11.2 Å². The molecule has 1 heterocycles. The fraction of sp³-hybridized carbons (Fsp3) is 0. The van der Waals surface area contributed by atoms with Gasteiger partial charge in [-0.2, -0.15) is 0 Å². The van der Waals surface area contributed by atoms with Gasteiger partial charge in [0.15, 0.2) is 0 Å². The van der Waals surface area contributed by atoms with Crippen molar-refractivity contribution in [2.75, 3.05) is 4.90 Å². The average molecular weight is 740 g/mol. The molecule has 0 unspecified atom stereocenters. The maximum atomic E-state index is 6.48. The Bertz CT molecular complexity index is 3290. The molecule has 0 bridgehead atoms. The van der Waals surface area contributed by atoms with E-state index in [4.69, 9.17) is 4.42 Å². The molecule has 10 aromatic carbocycles. The molecule has 0 radical (unpaired) electrons. The predicted octanol–water partition coefficient (Wildman–Crippen LogP) is 16.0. The number of nitrogens with zero attached hydrogens (tertiary/aromatic N) is 1. The van der Waals surface area contributed by atoms with E-state index in [2.05, 4.69) is 217 Å². The van der Waals surface area contributed by atoms with Crippen LogP contribution in [0.4, 0.5) is 17.1 Å². The van der Waals surface area contributed by atoms with Crippen molar-refractivity contribution in [1.29, 1.82) is 0 Å². The molecule has 0 fully saturated rings. The summed E-state index contributed by atoms with van der Waals surface area (Å²) in [5.41, 5.74) is 14.4. The number of benzene rings is 10. The van der Waals surface area contributed by atoms with Crippen LogP contribution in [0.15, 0.2) is 229 Å². The van der Waals surface area contributed by atoms with Crippen molar-refractivity contribution >= 4 is 60.5 Å². The lowest BCUT2D eigenvalue weighted by Crippen LogP contribution is -2.12. The smallest absolute Gasteiger partial charge is 0.143 e. The van der Waals surface area contributed by atoms with Crippen molar-refractivity contribution in [3.63, 3.8) is 0 Å². The normalized spacial score (nSPS) is 11.4. The highest BCUT2D eigenvalue weighted by molar-refractivity contribution is 6.15. The molecule has 0 amide bonds. The third kappa shape index (κ3) is 5.66. The summed E-state index contributed by atoms with van der Waals surface area (Å²) in [6.45, 7) is 0. The molecule has 0 spiro atoms. The zero-order chi connectivity index (χ0) is 38.4. The van der Waals surface area contributed by atoms with Crippen molar-refractivity contribution < 1.29 is 4.42 Å². The van der Waals surface area contributed by atoms with E-state index in [0.29, 0.717) is 0 Å². The van der Waals surface area contributed by atoms with Gasteiger partial charge in [-0.05, 0) is 79.9 Å². The standard InChI is InChI=1S/C56H37NO/c1-2-17-38(18-3-1)42-20-6-7-22-45(42)47-24-8-9-25-48(47)49-26-12-14-31-53(49)57(54-37-40-19-4-5-21-43(40)46-23-10-11-27-50(46)54)41-35-33-39(34-36-41)44-29-16-30-52-51-28-13-15-32-55(51)58-56(44)52/h1-37H. The maximum Gasteiger partial charge on any atom is 0.143 e. The van der Waals surface area contributed by atoms with Crippen molar-refractivity contribution in [3.05, 3.63) is 224 Å². The molecular formula is C56H37NO. The molecule has 0 saturated heterocycles. The number of furan rings is 1. The van der Waals surface area contributed by atoms with Crippen molar-refractivity contribution in [3.8, 4) is 44.5 Å². The molecular weight excluding hydrogens is 703 g/mol. The molecule has 0 saturated carbocycles. The van der Waals surface area contributed by atoms with E-state index in [-0.39, 0.29) is 0 Å². The number of hydrogen-bond acceptors (Lipinski definition) is 2. The van der Waals surface area contributed by atoms with Gasteiger partial charge < -0.3 is 9.32 Å². The molecule has 0 N–H and O–H groups in total. The second-order valence-electron chi connectivity index (χ2n) is 14.8. The Labute approximate surface area is 337 Å². The minimum absolute atomic E-state index is 0.902. The van der Waals surface area contributed by atoms with Gasteiger partial charge in [-0.3, -0.25) is 0 Å². The summed E-state index contributed by atoms with van der Waals surface area (Å²) in [6, 6.07) is 80.7. The zero-order valence-electron chi connectivity index (χ0n) is 31.7. The van der Waals surface area contributed by atoms with Crippen molar-refractivity contribution in [1.82, 2.24) is 0 Å². The lowest BCUT2D eigenvalue weighted by Gasteiger charge is -2.30. The van der Waals surface area contributed by atoms with Crippen molar-refractivity contribution in [2.24, 2.45) is 0 Å². The number of hydrogen-bond donors (Lipinski definition) is 0. The largest absolute Gasteiger partial charge is 0.455 e. The molecule has 0 aliphatic heterocycles. The summed E-state index contributed by atoms with van der Waals surface area (Å²) in [5.74, 6) is 0. The van der Waals surface area contributed by atoms with Gasteiger partial charge >= 0.3 is 0 Å². The van der Waals surface area contributed by atoms with E-state index in [0.717, 1.165) is 55.7 Å². The summed E-state index contributed by atoms with van der Waals surface area (Å²) in [7, 11) is 0. The van der Waals surface area contributed by atoms with Crippen LogP contribution in [0, 0.1) is 0 Å². The monoisotopic (exact) mass is 739 g/mol. The van der Waals surface area contributed by atoms with Gasteiger partial charge in [0.2, 0.25) is 0 Å². The van der Waals surface area contributed by atoms with E-state index in [9.17, 15) is 0 Å². The predicted molar refractivity (Wildman–Crippen MR) is 245 cm³/mol. The van der Waals surface area contributed by atoms with Gasteiger partial charge in [-0.1, -0.05) is 194 Å². The van der Waals surface area contributed by atoms with Crippen LogP contribution in [-0.4, -0.2) is 0 Å². The molecule has 272 valence electrons. The first-order valence-electron chi connectivity index (χ1n) is 19.8. The van der Waals surface area contributed by atoms with Crippen LogP contribution in [0.5, 0.6) is 0 Å². The van der Waals surface area contributed by atoms with Crippen LogP contribution >= 0.6 is 0 Å². The summed E-state index contributed by atoms with van der Waals surface area (Å²) in [4.78, 5) is 2.45. The zero-order valence-corrected chi connectivity index (χ0v) is 31.7. The first-order valence-corrected chi connectivity index (χ1v) is 19.8. The minimum Gasteiger partial charge on any atom is -0.455 e. The third-order valence-corrected chi connectivity index (χ3v) is 11.5. The second-order valence-corrected chi connectivity index (χ2v) is 14.8. The SMILES string of the molecule is c1ccc(-c2ccccc2-c2ccccc2-c2ccccc2N(c2ccc(-c3cccc4c3oc3ccccc34)cc2)c2cc3ccccc3c3ccccc23)cc1. The number of rotatable bonds is 7. The van der Waals surface area contributed by atoms with E-state index >= 15 is 0 Å². The Morgan fingerprint density at radius 2 is 0.810 bits per heavy atom.